The van der Waals surface area contributed by atoms with E-state index in [9.17, 15) is 4.79 Å². The summed E-state index contributed by atoms with van der Waals surface area (Å²) in [6.07, 6.45) is 0.847. The summed E-state index contributed by atoms with van der Waals surface area (Å²) in [5.74, 6) is -0.332. The van der Waals surface area contributed by atoms with Gasteiger partial charge in [-0.3, -0.25) is 4.79 Å². The van der Waals surface area contributed by atoms with E-state index in [1.54, 1.807) is 19.2 Å². The molecule has 106 valence electrons. The number of nitrogens with zero attached hydrogens (tertiary/aromatic N) is 1. The van der Waals surface area contributed by atoms with E-state index < -0.39 is 0 Å². The van der Waals surface area contributed by atoms with Crippen LogP contribution in [0.2, 0.25) is 10.3 Å². The maximum atomic E-state index is 11.4. The Morgan fingerprint density at radius 1 is 1.37 bits per heavy atom. The third kappa shape index (κ3) is 7.32. The van der Waals surface area contributed by atoms with Crippen molar-refractivity contribution in [2.45, 2.75) is 13.0 Å². The zero-order valence-corrected chi connectivity index (χ0v) is 12.1. The van der Waals surface area contributed by atoms with Crippen molar-refractivity contribution in [1.82, 2.24) is 10.3 Å². The Kier molecular flexibility index (Phi) is 7.74. The van der Waals surface area contributed by atoms with Crippen molar-refractivity contribution in [1.29, 1.82) is 0 Å². The van der Waals surface area contributed by atoms with Gasteiger partial charge in [0.05, 0.1) is 6.54 Å². The van der Waals surface area contributed by atoms with Gasteiger partial charge in [-0.25, -0.2) is 4.98 Å². The first-order chi connectivity index (χ1) is 9.11. The number of hydrogen-bond acceptors (Lipinski definition) is 5. The fourth-order valence-electron chi connectivity index (χ4n) is 1.34. The molecule has 0 saturated heterocycles. The van der Waals surface area contributed by atoms with Gasteiger partial charge in [0.25, 0.3) is 0 Å². The van der Waals surface area contributed by atoms with Crippen LogP contribution in [0.25, 0.3) is 0 Å². The number of methoxy groups -OCH3 is 1. The van der Waals surface area contributed by atoms with Crippen molar-refractivity contribution >= 4 is 29.2 Å². The summed E-state index contributed by atoms with van der Waals surface area (Å²) in [6.45, 7) is 1.66. The Morgan fingerprint density at radius 3 is 2.68 bits per heavy atom. The first kappa shape index (κ1) is 16.2. The Balaban J connectivity index is 2.22. The lowest BCUT2D eigenvalue weighted by atomic mass is 10.3. The fraction of sp³-hybridized carbons (Fsp3) is 0.500. The third-order valence-corrected chi connectivity index (χ3v) is 2.58. The number of esters is 1. The van der Waals surface area contributed by atoms with E-state index >= 15 is 0 Å². The maximum Gasteiger partial charge on any atom is 0.320 e. The second kappa shape index (κ2) is 9.09. The highest BCUT2D eigenvalue weighted by Crippen LogP contribution is 2.15. The molecule has 1 N–H and O–H groups in total. The molecule has 1 aromatic heterocycles. The average Bonchev–Trinajstić information content (AvgIpc) is 2.35. The minimum Gasteiger partial charge on any atom is -0.460 e. The summed E-state index contributed by atoms with van der Waals surface area (Å²) in [7, 11) is 1.64. The van der Waals surface area contributed by atoms with E-state index in [4.69, 9.17) is 32.7 Å². The second-order valence-corrected chi connectivity index (χ2v) is 4.58. The molecular formula is C12H16Cl2N2O3. The molecule has 0 unspecified atom stereocenters. The van der Waals surface area contributed by atoms with Crippen LogP contribution in [0.15, 0.2) is 12.1 Å². The van der Waals surface area contributed by atoms with E-state index in [1.165, 1.54) is 0 Å². The van der Waals surface area contributed by atoms with Crippen LogP contribution in [0.5, 0.6) is 0 Å². The van der Waals surface area contributed by atoms with Gasteiger partial charge < -0.3 is 14.8 Å². The van der Waals surface area contributed by atoms with E-state index in [-0.39, 0.29) is 29.4 Å². The minimum atomic E-state index is -0.332. The summed E-state index contributed by atoms with van der Waals surface area (Å²) in [6, 6.07) is 3.21. The zero-order chi connectivity index (χ0) is 14.1. The number of rotatable bonds is 8. The lowest BCUT2D eigenvalue weighted by Crippen LogP contribution is -2.26. The quantitative estimate of drug-likeness (QED) is 0.452. The fourth-order valence-corrected chi connectivity index (χ4v) is 1.85. The summed E-state index contributed by atoms with van der Waals surface area (Å²) in [5, 5.41) is 3.51. The van der Waals surface area contributed by atoms with Gasteiger partial charge in [-0.15, -0.1) is 0 Å². The van der Waals surface area contributed by atoms with Crippen LogP contribution in [0.1, 0.15) is 12.0 Å². The standard InChI is InChI=1S/C12H16Cl2N2O3/c1-18-4-2-3-15-7-12(17)19-8-9-5-10(13)16-11(14)6-9/h5-6,15H,2-4,7-8H2,1H3. The molecule has 0 amide bonds. The number of nitrogens with one attached hydrogen (secondary N) is 1. The van der Waals surface area contributed by atoms with Gasteiger partial charge >= 0.3 is 5.97 Å². The van der Waals surface area contributed by atoms with Gasteiger partial charge in [-0.05, 0) is 30.7 Å². The molecule has 19 heavy (non-hydrogen) atoms. The molecule has 0 aromatic carbocycles. The van der Waals surface area contributed by atoms with Crippen molar-refractivity contribution in [3.63, 3.8) is 0 Å². The van der Waals surface area contributed by atoms with Crippen molar-refractivity contribution in [2.24, 2.45) is 0 Å². The Morgan fingerprint density at radius 2 is 2.05 bits per heavy atom. The highest BCUT2D eigenvalue weighted by atomic mass is 35.5. The van der Waals surface area contributed by atoms with E-state index in [1.807, 2.05) is 0 Å². The molecule has 1 heterocycles. The summed E-state index contributed by atoms with van der Waals surface area (Å²) in [4.78, 5) is 15.2. The van der Waals surface area contributed by atoms with E-state index in [0.29, 0.717) is 18.7 Å². The number of aromatic nitrogens is 1. The number of hydrogen-bond donors (Lipinski definition) is 1. The average molecular weight is 307 g/mol. The van der Waals surface area contributed by atoms with Crippen LogP contribution in [-0.4, -0.2) is 37.8 Å². The molecule has 0 aliphatic heterocycles. The van der Waals surface area contributed by atoms with Crippen molar-refractivity contribution in [3.05, 3.63) is 28.0 Å². The lowest BCUT2D eigenvalue weighted by molar-refractivity contribution is -0.143. The first-order valence-electron chi connectivity index (χ1n) is 5.79. The van der Waals surface area contributed by atoms with E-state index in [0.717, 1.165) is 6.42 Å². The van der Waals surface area contributed by atoms with Crippen LogP contribution in [0.4, 0.5) is 0 Å². The number of carbonyl (C=O) groups is 1. The Labute approximate surface area is 122 Å². The molecule has 0 spiro atoms. The molecular weight excluding hydrogens is 291 g/mol. The molecule has 1 aromatic rings. The maximum absolute atomic E-state index is 11.4. The normalized spacial score (nSPS) is 10.5. The van der Waals surface area contributed by atoms with Gasteiger partial charge in [-0.1, -0.05) is 23.2 Å². The van der Waals surface area contributed by atoms with Crippen LogP contribution in [0, 0.1) is 0 Å². The smallest absolute Gasteiger partial charge is 0.320 e. The highest BCUT2D eigenvalue weighted by Gasteiger charge is 2.05. The van der Waals surface area contributed by atoms with Gasteiger partial charge in [0.2, 0.25) is 0 Å². The Bertz CT molecular complexity index is 396. The van der Waals surface area contributed by atoms with Gasteiger partial charge in [0, 0.05) is 13.7 Å². The molecule has 0 aliphatic carbocycles. The number of carbonyl (C=O) groups excluding carboxylic acids is 1. The molecule has 0 atom stereocenters. The van der Waals surface area contributed by atoms with Crippen LogP contribution in [0.3, 0.4) is 0 Å². The molecule has 5 nitrogen and oxygen atoms in total. The topological polar surface area (TPSA) is 60.5 Å². The predicted molar refractivity (Wildman–Crippen MR) is 73.4 cm³/mol. The third-order valence-electron chi connectivity index (χ3n) is 2.19. The van der Waals surface area contributed by atoms with Crippen LogP contribution in [-0.2, 0) is 20.9 Å². The van der Waals surface area contributed by atoms with Gasteiger partial charge in [-0.2, -0.15) is 0 Å². The minimum absolute atomic E-state index is 0.126. The molecule has 0 bridgehead atoms. The molecule has 1 rings (SSSR count). The second-order valence-electron chi connectivity index (χ2n) is 3.80. The summed E-state index contributed by atoms with van der Waals surface area (Å²) >= 11 is 11.5. The highest BCUT2D eigenvalue weighted by molar-refractivity contribution is 6.32. The number of pyridine rings is 1. The summed E-state index contributed by atoms with van der Waals surface area (Å²) in [5.41, 5.74) is 0.706. The molecule has 0 radical (unpaired) electrons. The predicted octanol–water partition coefficient (Wildman–Crippen LogP) is 2.06. The molecule has 0 fully saturated rings. The van der Waals surface area contributed by atoms with E-state index in [2.05, 4.69) is 10.3 Å². The SMILES string of the molecule is COCCCNCC(=O)OCc1cc(Cl)nc(Cl)c1. The molecule has 0 aliphatic rings. The molecule has 0 saturated carbocycles. The van der Waals surface area contributed by atoms with Gasteiger partial charge in [0.1, 0.15) is 16.9 Å². The molecule has 7 heteroatoms. The zero-order valence-electron chi connectivity index (χ0n) is 10.6. The van der Waals surface area contributed by atoms with Crippen LogP contribution >= 0.6 is 23.2 Å². The van der Waals surface area contributed by atoms with Crippen molar-refractivity contribution in [2.75, 3.05) is 26.8 Å². The Hall–Kier alpha value is -0.880. The largest absolute Gasteiger partial charge is 0.460 e. The first-order valence-corrected chi connectivity index (χ1v) is 6.54. The van der Waals surface area contributed by atoms with Crippen LogP contribution < -0.4 is 5.32 Å². The van der Waals surface area contributed by atoms with Crippen molar-refractivity contribution in [3.8, 4) is 0 Å². The van der Waals surface area contributed by atoms with Crippen molar-refractivity contribution < 1.29 is 14.3 Å². The number of ether oxygens (including phenoxy) is 2. The monoisotopic (exact) mass is 306 g/mol. The summed E-state index contributed by atoms with van der Waals surface area (Å²) < 4.78 is 9.96. The van der Waals surface area contributed by atoms with Gasteiger partial charge in [0.15, 0.2) is 0 Å². The lowest BCUT2D eigenvalue weighted by Gasteiger charge is -2.07. The number of halogens is 2.